The Labute approximate surface area is 236 Å². The largest absolute Gasteiger partial charge is 0.507 e. The van der Waals surface area contributed by atoms with Crippen LogP contribution in [0.15, 0.2) is 93.7 Å². The quantitative estimate of drug-likeness (QED) is 0.101. The summed E-state index contributed by atoms with van der Waals surface area (Å²) in [4.78, 5) is 42.0. The van der Waals surface area contributed by atoms with Gasteiger partial charge in [0.05, 0.1) is 27.6 Å². The lowest BCUT2D eigenvalue weighted by atomic mass is 9.95. The highest BCUT2D eigenvalue weighted by Crippen LogP contribution is 2.44. The number of carbonyl (C=O) groups is 2. The van der Waals surface area contributed by atoms with Gasteiger partial charge in [0.2, 0.25) is 9.84 Å². The Morgan fingerprint density at radius 1 is 1.02 bits per heavy atom. The van der Waals surface area contributed by atoms with E-state index in [4.69, 9.17) is 11.6 Å². The van der Waals surface area contributed by atoms with Crippen LogP contribution in [0, 0.1) is 17.0 Å². The molecular formula is C27H18ClN3O7S2. The summed E-state index contributed by atoms with van der Waals surface area (Å²) in [5.41, 5.74) is 1.22. The normalized spacial score (nSPS) is 16.9. The van der Waals surface area contributed by atoms with Crippen molar-refractivity contribution in [1.82, 2.24) is 4.98 Å². The van der Waals surface area contributed by atoms with Crippen LogP contribution in [-0.2, 0) is 19.4 Å². The number of non-ortho nitro benzene ring substituents is 1. The molecular weight excluding hydrogens is 578 g/mol. The van der Waals surface area contributed by atoms with E-state index in [1.807, 2.05) is 6.92 Å². The molecule has 1 amide bonds. The minimum absolute atomic E-state index is 0.0803. The van der Waals surface area contributed by atoms with Gasteiger partial charge in [-0.2, -0.15) is 0 Å². The number of benzene rings is 3. The number of sulfone groups is 1. The summed E-state index contributed by atoms with van der Waals surface area (Å²) in [6.45, 7) is 1.87. The first-order chi connectivity index (χ1) is 19.0. The lowest BCUT2D eigenvalue weighted by Gasteiger charge is -2.23. The third kappa shape index (κ3) is 4.76. The van der Waals surface area contributed by atoms with E-state index in [-0.39, 0.29) is 31.1 Å². The van der Waals surface area contributed by atoms with Gasteiger partial charge in [-0.25, -0.2) is 13.4 Å². The smallest absolute Gasteiger partial charge is 0.301 e. The highest BCUT2D eigenvalue weighted by Gasteiger charge is 2.48. The van der Waals surface area contributed by atoms with Gasteiger partial charge in [-0.15, -0.1) is 0 Å². The Morgan fingerprint density at radius 2 is 1.65 bits per heavy atom. The number of rotatable bonds is 6. The summed E-state index contributed by atoms with van der Waals surface area (Å²) >= 11 is 6.62. The molecule has 0 spiro atoms. The van der Waals surface area contributed by atoms with Crippen LogP contribution in [0.5, 0.6) is 0 Å². The number of aryl methyl sites for hydroxylation is 1. The maximum atomic E-state index is 13.4. The van der Waals surface area contributed by atoms with Crippen molar-refractivity contribution in [2.75, 3.05) is 4.90 Å². The number of hydrogen-bond donors (Lipinski definition) is 1. The minimum Gasteiger partial charge on any atom is -0.507 e. The Bertz CT molecular complexity index is 1800. The van der Waals surface area contributed by atoms with Crippen molar-refractivity contribution < 1.29 is 28.0 Å². The zero-order valence-corrected chi connectivity index (χ0v) is 22.9. The average molecular weight is 596 g/mol. The molecule has 13 heteroatoms. The number of thiazole rings is 1. The summed E-state index contributed by atoms with van der Waals surface area (Å²) in [7, 11) is -4.15. The van der Waals surface area contributed by atoms with Crippen LogP contribution >= 0.6 is 22.9 Å². The topological polar surface area (TPSA) is 148 Å². The van der Waals surface area contributed by atoms with Gasteiger partial charge in [-0.3, -0.25) is 24.6 Å². The molecule has 1 aliphatic rings. The van der Waals surface area contributed by atoms with Crippen LogP contribution in [-0.4, -0.2) is 35.1 Å². The number of aliphatic hydroxyl groups excluding tert-OH is 1. The molecule has 0 bridgehead atoms. The molecule has 1 fully saturated rings. The predicted molar refractivity (Wildman–Crippen MR) is 148 cm³/mol. The van der Waals surface area contributed by atoms with Crippen molar-refractivity contribution in [3.05, 3.63) is 116 Å². The Kier molecular flexibility index (Phi) is 7.00. The number of carbonyl (C=O) groups excluding carboxylic acids is 2. The van der Waals surface area contributed by atoms with Crippen LogP contribution in [0.3, 0.4) is 0 Å². The first kappa shape index (κ1) is 27.2. The number of aliphatic hydroxyl groups is 1. The molecule has 2 heterocycles. The molecule has 1 aliphatic heterocycles. The number of nitrogens with zero attached hydrogens (tertiary/aromatic N) is 3. The third-order valence-electron chi connectivity index (χ3n) is 6.26. The molecule has 0 radical (unpaired) electrons. The van der Waals surface area contributed by atoms with Crippen molar-refractivity contribution in [3.63, 3.8) is 0 Å². The number of nitro groups is 1. The maximum absolute atomic E-state index is 13.4. The van der Waals surface area contributed by atoms with Crippen molar-refractivity contribution in [1.29, 1.82) is 0 Å². The zero-order valence-electron chi connectivity index (χ0n) is 20.5. The van der Waals surface area contributed by atoms with Crippen LogP contribution in [0.1, 0.15) is 22.7 Å². The van der Waals surface area contributed by atoms with E-state index in [1.54, 1.807) is 24.3 Å². The number of ketones is 1. The fraction of sp³-hybridized carbons (Fsp3) is 0.0741. The Balaban J connectivity index is 1.62. The van der Waals surface area contributed by atoms with E-state index >= 15 is 0 Å². The molecule has 0 saturated carbocycles. The molecule has 1 aromatic heterocycles. The second kappa shape index (κ2) is 10.3. The first-order valence-electron chi connectivity index (χ1n) is 11.6. The van der Waals surface area contributed by atoms with Gasteiger partial charge in [-0.1, -0.05) is 52.8 Å². The maximum Gasteiger partial charge on any atom is 0.301 e. The van der Waals surface area contributed by atoms with Gasteiger partial charge in [0, 0.05) is 22.7 Å². The van der Waals surface area contributed by atoms with Crippen LogP contribution in [0.2, 0.25) is 5.02 Å². The van der Waals surface area contributed by atoms with Gasteiger partial charge >= 0.3 is 5.91 Å². The lowest BCUT2D eigenvalue weighted by Crippen LogP contribution is -2.29. The number of hydrogen-bond acceptors (Lipinski definition) is 9. The number of amides is 1. The first-order valence-corrected chi connectivity index (χ1v) is 14.3. The molecule has 40 heavy (non-hydrogen) atoms. The molecule has 10 nitrogen and oxygen atoms in total. The Hall–Kier alpha value is -4.39. The van der Waals surface area contributed by atoms with Gasteiger partial charge < -0.3 is 5.11 Å². The number of halogens is 1. The molecule has 1 saturated heterocycles. The standard InChI is InChI=1S/C27H18ClN3O7S2/c1-15-2-4-16(5-3-15)23-22(24(32)17-6-8-18(28)9-7-17)25(33)26(34)30(23)27-29-14-21(39-27)40(37,38)20-12-10-19(11-13-20)31(35)36/h2-14,23,32H,1H3/t23-/m1/s1. The number of anilines is 1. The highest BCUT2D eigenvalue weighted by molar-refractivity contribution is 7.93. The van der Waals surface area contributed by atoms with E-state index in [2.05, 4.69) is 4.98 Å². The van der Waals surface area contributed by atoms with E-state index in [0.717, 1.165) is 40.9 Å². The fourth-order valence-electron chi connectivity index (χ4n) is 4.21. The molecule has 0 aliphatic carbocycles. The summed E-state index contributed by atoms with van der Waals surface area (Å²) < 4.78 is 26.2. The monoisotopic (exact) mass is 595 g/mol. The molecule has 3 aromatic carbocycles. The Morgan fingerprint density at radius 3 is 2.25 bits per heavy atom. The van der Waals surface area contributed by atoms with Crippen molar-refractivity contribution in [2.45, 2.75) is 22.1 Å². The summed E-state index contributed by atoms with van der Waals surface area (Å²) in [5, 5.41) is 22.4. The highest BCUT2D eigenvalue weighted by atomic mass is 35.5. The number of Topliss-reactive ketones (excluding diaryl/α,β-unsaturated/α-hetero) is 1. The van der Waals surface area contributed by atoms with E-state index < -0.39 is 38.3 Å². The number of aromatic nitrogens is 1. The van der Waals surface area contributed by atoms with Gasteiger partial charge in [0.15, 0.2) is 5.13 Å². The van der Waals surface area contributed by atoms with Crippen molar-refractivity contribution in [2.24, 2.45) is 0 Å². The van der Waals surface area contributed by atoms with E-state index in [9.17, 15) is 33.2 Å². The third-order valence-corrected chi connectivity index (χ3v) is 9.74. The summed E-state index contributed by atoms with van der Waals surface area (Å²) in [6.07, 6.45) is 1.06. The van der Waals surface area contributed by atoms with Gasteiger partial charge in [0.1, 0.15) is 9.97 Å². The second-order valence-electron chi connectivity index (χ2n) is 8.80. The lowest BCUT2D eigenvalue weighted by molar-refractivity contribution is -0.384. The van der Waals surface area contributed by atoms with Crippen LogP contribution in [0.25, 0.3) is 5.76 Å². The van der Waals surface area contributed by atoms with E-state index in [1.165, 1.54) is 24.3 Å². The van der Waals surface area contributed by atoms with Crippen molar-refractivity contribution in [3.8, 4) is 0 Å². The molecule has 5 rings (SSSR count). The SMILES string of the molecule is Cc1ccc([C@@H]2C(=C(O)c3ccc(Cl)cc3)C(=O)C(=O)N2c2ncc(S(=O)(=O)c3ccc([N+](=O)[O-])cc3)s2)cc1. The summed E-state index contributed by atoms with van der Waals surface area (Å²) in [6, 6.07) is 16.3. The molecule has 1 N–H and O–H groups in total. The van der Waals surface area contributed by atoms with Crippen LogP contribution in [0.4, 0.5) is 10.8 Å². The van der Waals surface area contributed by atoms with Crippen LogP contribution < -0.4 is 4.90 Å². The average Bonchev–Trinajstić information content (AvgIpc) is 3.53. The predicted octanol–water partition coefficient (Wildman–Crippen LogP) is 5.47. The molecule has 1 atom stereocenters. The zero-order chi connectivity index (χ0) is 28.8. The van der Waals surface area contributed by atoms with E-state index in [0.29, 0.717) is 21.9 Å². The molecule has 202 valence electrons. The number of nitro benzene ring substituents is 1. The summed E-state index contributed by atoms with van der Waals surface area (Å²) in [5.74, 6) is -2.37. The fourth-order valence-corrected chi connectivity index (χ4v) is 6.88. The molecule has 0 unspecified atom stereocenters. The van der Waals surface area contributed by atoms with Gasteiger partial charge in [0.25, 0.3) is 11.5 Å². The van der Waals surface area contributed by atoms with Crippen molar-refractivity contribution >= 4 is 61.0 Å². The second-order valence-corrected chi connectivity index (χ2v) is 12.4. The minimum atomic E-state index is -4.15. The molecule has 4 aromatic rings. The van der Waals surface area contributed by atoms with Gasteiger partial charge in [-0.05, 0) is 48.9 Å².